The Morgan fingerprint density at radius 1 is 0.583 bits per heavy atom. The minimum absolute atomic E-state index is 0.0169. The van der Waals surface area contributed by atoms with E-state index < -0.39 is 171 Å². The molecule has 3 aromatic carbocycles. The summed E-state index contributed by atoms with van der Waals surface area (Å²) in [5, 5.41) is 156. The maximum atomic E-state index is 12.5. The number of hydrogen-bond acceptors (Lipinski definition) is 26. The number of benzene rings is 3. The van der Waals surface area contributed by atoms with Crippen molar-refractivity contribution in [1.29, 1.82) is 0 Å². The molecule has 392 valence electrons. The second-order valence-electron chi connectivity index (χ2n) is 16.7. The Morgan fingerprint density at radius 2 is 1.15 bits per heavy atom. The van der Waals surface area contributed by atoms with Gasteiger partial charge >= 0.3 is 17.9 Å². The van der Waals surface area contributed by atoms with Gasteiger partial charge in [0.05, 0.1) is 12.2 Å². The third-order valence-corrected chi connectivity index (χ3v) is 11.6. The second-order valence-corrected chi connectivity index (χ2v) is 16.7. The van der Waals surface area contributed by atoms with Gasteiger partial charge in [-0.15, -0.1) is 0 Å². The number of carboxylic acids is 1. The largest absolute Gasteiger partial charge is 0.507 e. The summed E-state index contributed by atoms with van der Waals surface area (Å²) in [5.74, 6) is -7.15. The number of esters is 2. The molecule has 15 N–H and O–H groups in total. The summed E-state index contributed by atoms with van der Waals surface area (Å²) in [4.78, 5) is 35.4. The second kappa shape index (κ2) is 22.5. The van der Waals surface area contributed by atoms with E-state index in [0.29, 0.717) is 5.56 Å². The Morgan fingerprint density at radius 3 is 1.76 bits per heavy atom. The number of phenolic OH excluding ortho intramolecular Hbond substituents is 4. The molecule has 0 bridgehead atoms. The Labute approximate surface area is 404 Å². The summed E-state index contributed by atoms with van der Waals surface area (Å²) >= 11 is 0. The molecule has 0 amide bonds. The van der Waals surface area contributed by atoms with Crippen molar-refractivity contribution < 1.29 is 134 Å². The van der Waals surface area contributed by atoms with Gasteiger partial charge in [0.2, 0.25) is 18.9 Å². The molecule has 4 aliphatic heterocycles. The summed E-state index contributed by atoms with van der Waals surface area (Å²) in [6.45, 7) is -2.34. The van der Waals surface area contributed by atoms with Gasteiger partial charge in [0, 0.05) is 23.8 Å². The van der Waals surface area contributed by atoms with Crippen LogP contribution >= 0.6 is 0 Å². The summed E-state index contributed by atoms with van der Waals surface area (Å²) in [6.07, 6.45) is -26.7. The summed E-state index contributed by atoms with van der Waals surface area (Å²) in [5.41, 5.74) is 0.122. The molecule has 4 aliphatic rings. The van der Waals surface area contributed by atoms with Gasteiger partial charge in [0.25, 0.3) is 0 Å². The van der Waals surface area contributed by atoms with Crippen LogP contribution in [0.25, 0.3) is 12.2 Å². The summed E-state index contributed by atoms with van der Waals surface area (Å²) < 4.78 is 50.5. The van der Waals surface area contributed by atoms with Crippen molar-refractivity contribution in [2.24, 2.45) is 0 Å². The number of ether oxygens (including phenoxy) is 9. The molecule has 0 radical (unpaired) electrons. The van der Waals surface area contributed by atoms with Crippen LogP contribution in [0.3, 0.4) is 0 Å². The van der Waals surface area contributed by atoms with Crippen LogP contribution in [0.15, 0.2) is 60.4 Å². The number of phenols is 4. The molecule has 7 rings (SSSR count). The zero-order valence-corrected chi connectivity index (χ0v) is 37.0. The number of aliphatic hydroxyl groups excluding tert-OH is 10. The molecular weight excluding hydrogens is 972 g/mol. The lowest BCUT2D eigenvalue weighted by Gasteiger charge is -2.41. The quantitative estimate of drug-likeness (QED) is 0.0286. The number of aromatic hydroxyl groups is 4. The van der Waals surface area contributed by atoms with Crippen LogP contribution in [0.2, 0.25) is 0 Å². The smallest absolute Gasteiger partial charge is 0.330 e. The first kappa shape index (κ1) is 53.2. The van der Waals surface area contributed by atoms with Crippen molar-refractivity contribution in [3.8, 4) is 40.2 Å². The molecule has 3 aromatic rings. The zero-order chi connectivity index (χ0) is 52.3. The average Bonchev–Trinajstić information content (AvgIpc) is 3.34. The standard InChI is InChI=1S/C45H50O27/c46-13-27-33(55)36(58)40(62)44(70-27)68-25-8-17(3-5-21(25)48)42-26(69-45-41(63)38(60)35(57)29(72-45)15-65-32(54)12-30(51)52)11-19-22(49)9-18(10-24(19)67-42)66-43-39(61)37(59)34(56)28(71-43)14-64-31(53)6-2-16-1-4-20(47)23(50)7-16/h1-11,27-29,33-50,55-63H,12-15H2,(H,51,52)/b6-2+/t27-,28+,29-,33+,34+,35+,36-,37-,38-,39-,40-,41+,42?,43+,44+,45+/m0/s1. The van der Waals surface area contributed by atoms with E-state index in [4.69, 9.17) is 47.7 Å². The number of carbonyl (C=O) groups excluding carboxylic acids is 2. The molecule has 1 unspecified atom stereocenters. The number of aliphatic hydroxyl groups is 10. The fraction of sp³-hybridized carbons (Fsp3) is 0.444. The molecule has 27 nitrogen and oxygen atoms in total. The monoisotopic (exact) mass is 1020 g/mol. The van der Waals surface area contributed by atoms with E-state index in [2.05, 4.69) is 0 Å². The third kappa shape index (κ3) is 11.9. The Hall–Kier alpha value is -6.57. The number of carboxylic acid groups (broad SMARTS) is 1. The zero-order valence-electron chi connectivity index (χ0n) is 37.0. The number of aliphatic carboxylic acids is 1. The van der Waals surface area contributed by atoms with Crippen LogP contribution in [0.4, 0.5) is 0 Å². The number of hydrogen-bond donors (Lipinski definition) is 15. The lowest BCUT2D eigenvalue weighted by atomic mass is 9.98. The van der Waals surface area contributed by atoms with Crippen LogP contribution < -0.4 is 14.2 Å². The molecule has 4 heterocycles. The summed E-state index contributed by atoms with van der Waals surface area (Å²) in [7, 11) is 0. The van der Waals surface area contributed by atoms with Gasteiger partial charge in [-0.3, -0.25) is 9.59 Å². The first-order valence-electron chi connectivity index (χ1n) is 21.7. The molecule has 3 saturated heterocycles. The molecule has 16 atom stereocenters. The topological polar surface area (TPSA) is 438 Å². The minimum atomic E-state index is -2.05. The van der Waals surface area contributed by atoms with Gasteiger partial charge in [-0.05, 0) is 42.0 Å². The van der Waals surface area contributed by atoms with Crippen LogP contribution in [0, 0.1) is 0 Å². The molecule has 0 aromatic heterocycles. The molecule has 0 saturated carbocycles. The Balaban J connectivity index is 1.15. The highest BCUT2D eigenvalue weighted by atomic mass is 16.7. The SMILES string of the molecule is O=C(O)CC(=O)OC[C@@H]1O[C@@H](OC2=Cc3c(O)cc(O[C@@H]4O[C@H](COC(=O)/C=C/c5ccc(O)c(O)c5)[C@@H](O)[C@H](O)[C@@H]4O)cc3OC2c2ccc(O)c(O[C@@H]3O[C@@H](CO)[C@@H](O)[C@H](O)[C@@H]3O)c2)[C@H](O)[C@@H](O)[C@@H]1O. The van der Waals surface area contributed by atoms with E-state index in [1.165, 1.54) is 30.3 Å². The highest BCUT2D eigenvalue weighted by Crippen LogP contribution is 2.46. The first-order chi connectivity index (χ1) is 34.1. The van der Waals surface area contributed by atoms with Crippen molar-refractivity contribution in [2.45, 2.75) is 105 Å². The Kier molecular flexibility index (Phi) is 16.6. The van der Waals surface area contributed by atoms with Gasteiger partial charge in [-0.2, -0.15) is 0 Å². The van der Waals surface area contributed by atoms with Gasteiger partial charge in [0.15, 0.2) is 29.1 Å². The van der Waals surface area contributed by atoms with E-state index in [1.807, 2.05) is 0 Å². The highest BCUT2D eigenvalue weighted by Gasteiger charge is 2.49. The van der Waals surface area contributed by atoms with E-state index >= 15 is 0 Å². The van der Waals surface area contributed by atoms with Crippen molar-refractivity contribution in [3.05, 3.63) is 77.1 Å². The summed E-state index contributed by atoms with van der Waals surface area (Å²) in [6, 6.07) is 9.33. The van der Waals surface area contributed by atoms with Crippen molar-refractivity contribution in [1.82, 2.24) is 0 Å². The van der Waals surface area contributed by atoms with E-state index in [1.54, 1.807) is 0 Å². The lowest BCUT2D eigenvalue weighted by Crippen LogP contribution is -2.60. The van der Waals surface area contributed by atoms with Gasteiger partial charge in [0.1, 0.15) is 116 Å². The Bertz CT molecular complexity index is 2500. The van der Waals surface area contributed by atoms with Crippen molar-refractivity contribution in [2.75, 3.05) is 19.8 Å². The average molecular weight is 1020 g/mol. The van der Waals surface area contributed by atoms with Crippen molar-refractivity contribution in [3.63, 3.8) is 0 Å². The van der Waals surface area contributed by atoms with Gasteiger partial charge < -0.3 is 119 Å². The van der Waals surface area contributed by atoms with Gasteiger partial charge in [-0.1, -0.05) is 12.1 Å². The van der Waals surface area contributed by atoms with Gasteiger partial charge in [-0.25, -0.2) is 4.79 Å². The van der Waals surface area contributed by atoms with E-state index in [0.717, 1.165) is 36.4 Å². The van der Waals surface area contributed by atoms with E-state index in [-0.39, 0.29) is 28.4 Å². The number of fused-ring (bicyclic) bond motifs is 1. The predicted molar refractivity (Wildman–Crippen MR) is 230 cm³/mol. The molecule has 0 aliphatic carbocycles. The number of rotatable bonds is 16. The molecule has 0 spiro atoms. The minimum Gasteiger partial charge on any atom is -0.507 e. The van der Waals surface area contributed by atoms with Crippen LogP contribution in [-0.2, 0) is 42.8 Å². The molecule has 72 heavy (non-hydrogen) atoms. The normalized spacial score (nSPS) is 32.4. The maximum Gasteiger partial charge on any atom is 0.330 e. The number of carbonyl (C=O) groups is 3. The lowest BCUT2D eigenvalue weighted by molar-refractivity contribution is -0.294. The first-order valence-corrected chi connectivity index (χ1v) is 21.7. The molecule has 27 heteroatoms. The maximum absolute atomic E-state index is 12.5. The van der Waals surface area contributed by atoms with E-state index in [9.17, 15) is 85.9 Å². The highest BCUT2D eigenvalue weighted by molar-refractivity contribution is 5.90. The van der Waals surface area contributed by atoms with Crippen LogP contribution in [-0.4, -0.2) is 206 Å². The third-order valence-electron chi connectivity index (χ3n) is 11.6. The van der Waals surface area contributed by atoms with Crippen LogP contribution in [0.1, 0.15) is 29.2 Å². The van der Waals surface area contributed by atoms with Crippen LogP contribution in [0.5, 0.6) is 40.2 Å². The predicted octanol–water partition coefficient (Wildman–Crippen LogP) is -3.55. The molecule has 3 fully saturated rings. The van der Waals surface area contributed by atoms with Crippen molar-refractivity contribution >= 4 is 30.1 Å². The fourth-order valence-corrected chi connectivity index (χ4v) is 7.65. The molecular formula is C45H50O27. The fourth-order valence-electron chi connectivity index (χ4n) is 7.65.